The first-order chi connectivity index (χ1) is 11.7. The number of unbranched alkanes of at least 4 members (excludes halogenated alkanes) is 1. The molecule has 0 unspecified atom stereocenters. The highest BCUT2D eigenvalue weighted by molar-refractivity contribution is 7.44. The SMILES string of the molecule is CC.CCC/C=N\N(C)c1cc2cnc(C)nc2n1CCC.O=S. The molecule has 2 heterocycles. The Morgan fingerprint density at radius 1 is 1.29 bits per heavy atom. The summed E-state index contributed by atoms with van der Waals surface area (Å²) in [6.07, 6.45) is 7.02. The van der Waals surface area contributed by atoms with Gasteiger partial charge in [-0.05, 0) is 25.8 Å². The van der Waals surface area contributed by atoms with Gasteiger partial charge in [-0.25, -0.2) is 9.97 Å². The van der Waals surface area contributed by atoms with Gasteiger partial charge in [0.15, 0.2) is 12.5 Å². The third kappa shape index (κ3) is 5.96. The molecular weight excluding hydrogens is 322 g/mol. The van der Waals surface area contributed by atoms with Crippen LogP contribution in [0.4, 0.5) is 5.82 Å². The number of rotatable bonds is 6. The van der Waals surface area contributed by atoms with Crippen molar-refractivity contribution in [3.8, 4) is 0 Å². The molecule has 7 heteroatoms. The van der Waals surface area contributed by atoms with E-state index in [0.29, 0.717) is 0 Å². The van der Waals surface area contributed by atoms with Crippen LogP contribution in [-0.2, 0) is 19.1 Å². The number of hydrogen-bond donors (Lipinski definition) is 0. The summed E-state index contributed by atoms with van der Waals surface area (Å²) in [6, 6.07) is 2.10. The van der Waals surface area contributed by atoms with Crippen LogP contribution in [0, 0.1) is 6.92 Å². The lowest BCUT2D eigenvalue weighted by molar-refractivity contribution is 0.685. The molecule has 2 rings (SSSR count). The lowest BCUT2D eigenvalue weighted by Gasteiger charge is -2.16. The van der Waals surface area contributed by atoms with Crippen LogP contribution >= 0.6 is 0 Å². The van der Waals surface area contributed by atoms with Gasteiger partial charge in [0.05, 0.1) is 0 Å². The van der Waals surface area contributed by atoms with E-state index in [1.54, 1.807) is 0 Å². The first-order valence-electron chi connectivity index (χ1n) is 8.43. The van der Waals surface area contributed by atoms with Crippen molar-refractivity contribution in [2.45, 2.75) is 60.4 Å². The average molecular weight is 352 g/mol. The number of fused-ring (bicyclic) bond motifs is 1. The van der Waals surface area contributed by atoms with Gasteiger partial charge in [0.25, 0.3) is 0 Å². The second-order valence-corrected chi connectivity index (χ2v) is 4.96. The van der Waals surface area contributed by atoms with Crippen LogP contribution in [0.25, 0.3) is 11.0 Å². The highest BCUT2D eigenvalue weighted by Gasteiger charge is 2.13. The van der Waals surface area contributed by atoms with Crippen molar-refractivity contribution >= 4 is 35.6 Å². The monoisotopic (exact) mass is 351 g/mol. The van der Waals surface area contributed by atoms with Crippen LogP contribution < -0.4 is 5.01 Å². The van der Waals surface area contributed by atoms with Crippen LogP contribution in [0.3, 0.4) is 0 Å². The summed E-state index contributed by atoms with van der Waals surface area (Å²) >= 11 is 2.83. The summed E-state index contributed by atoms with van der Waals surface area (Å²) in [5.41, 5.74) is 0.992. The fraction of sp³-hybridized carbons (Fsp3) is 0.588. The predicted molar refractivity (Wildman–Crippen MR) is 104 cm³/mol. The summed E-state index contributed by atoms with van der Waals surface area (Å²) in [5.74, 6) is 1.87. The van der Waals surface area contributed by atoms with Crippen molar-refractivity contribution in [3.05, 3.63) is 18.1 Å². The second kappa shape index (κ2) is 12.5. The third-order valence-electron chi connectivity index (χ3n) is 3.18. The van der Waals surface area contributed by atoms with Crippen LogP contribution in [0.5, 0.6) is 0 Å². The van der Waals surface area contributed by atoms with Crippen molar-refractivity contribution < 1.29 is 4.21 Å². The average Bonchev–Trinajstić information content (AvgIpc) is 2.97. The standard InChI is InChI=1S/C15H23N5.C2H6.OS/c1-5-7-8-17-19(4)14-10-13-11-16-12(3)18-15(13)20(14)9-6-2;2*1-2/h8,10-11H,5-7,9H2,1-4H3;1-2H3;/b17-8-;;. The molecule has 0 amide bonds. The number of anilines is 1. The molecule has 0 saturated carbocycles. The Labute approximate surface area is 150 Å². The van der Waals surface area contributed by atoms with Gasteiger partial charge in [-0.3, -0.25) is 5.01 Å². The molecule has 24 heavy (non-hydrogen) atoms. The Bertz CT molecular complexity index is 627. The summed E-state index contributed by atoms with van der Waals surface area (Å²) in [4.78, 5) is 8.84. The van der Waals surface area contributed by atoms with Crippen LogP contribution in [0.1, 0.15) is 52.8 Å². The van der Waals surface area contributed by atoms with Crippen molar-refractivity contribution in [1.29, 1.82) is 0 Å². The largest absolute Gasteiger partial charge is 0.311 e. The molecule has 134 valence electrons. The first-order valence-corrected chi connectivity index (χ1v) is 8.76. The number of nitrogens with zero attached hydrogens (tertiary/aromatic N) is 5. The van der Waals surface area contributed by atoms with Crippen molar-refractivity contribution in [2.75, 3.05) is 12.1 Å². The Kier molecular flexibility index (Phi) is 11.5. The van der Waals surface area contributed by atoms with Crippen LogP contribution in [-0.4, -0.2) is 32.0 Å². The van der Waals surface area contributed by atoms with Gasteiger partial charge in [0, 0.05) is 31.4 Å². The zero-order chi connectivity index (χ0) is 18.5. The van der Waals surface area contributed by atoms with E-state index in [1.165, 1.54) is 0 Å². The molecule has 0 N–H and O–H groups in total. The minimum Gasteiger partial charge on any atom is -0.311 e. The molecule has 2 aromatic rings. The number of hydrazone groups is 1. The molecule has 0 spiro atoms. The van der Waals surface area contributed by atoms with Gasteiger partial charge in [-0.1, -0.05) is 34.1 Å². The van der Waals surface area contributed by atoms with Gasteiger partial charge in [0.2, 0.25) is 0 Å². The van der Waals surface area contributed by atoms with E-state index in [9.17, 15) is 0 Å². The Morgan fingerprint density at radius 2 is 1.96 bits per heavy atom. The maximum atomic E-state index is 7.83. The molecule has 0 saturated heterocycles. The molecule has 2 aromatic heterocycles. The lowest BCUT2D eigenvalue weighted by atomic mass is 10.4. The van der Waals surface area contributed by atoms with E-state index in [4.69, 9.17) is 4.21 Å². The second-order valence-electron chi connectivity index (χ2n) is 4.96. The molecule has 0 bridgehead atoms. The third-order valence-corrected chi connectivity index (χ3v) is 3.18. The summed E-state index contributed by atoms with van der Waals surface area (Å²) in [5, 5.41) is 7.47. The molecule has 0 aliphatic heterocycles. The molecular formula is C17H29N5OS. The number of aromatic nitrogens is 3. The Balaban J connectivity index is 0.00000123. The zero-order valence-electron chi connectivity index (χ0n) is 15.6. The van der Waals surface area contributed by atoms with E-state index < -0.39 is 0 Å². The number of aryl methyl sites for hydroxylation is 2. The van der Waals surface area contributed by atoms with E-state index in [-0.39, 0.29) is 0 Å². The first kappa shape index (κ1) is 22.1. The summed E-state index contributed by atoms with van der Waals surface area (Å²) in [6.45, 7) is 11.2. The lowest BCUT2D eigenvalue weighted by Crippen LogP contribution is -2.14. The van der Waals surface area contributed by atoms with Gasteiger partial charge in [-0.2, -0.15) is 9.31 Å². The summed E-state index contributed by atoms with van der Waals surface area (Å²) < 4.78 is 10.0. The smallest absolute Gasteiger partial charge is 0.197 e. The molecule has 0 aliphatic carbocycles. The maximum Gasteiger partial charge on any atom is 0.197 e. The van der Waals surface area contributed by atoms with Crippen molar-refractivity contribution in [3.63, 3.8) is 0 Å². The van der Waals surface area contributed by atoms with Gasteiger partial charge >= 0.3 is 0 Å². The fourth-order valence-corrected chi connectivity index (χ4v) is 2.19. The van der Waals surface area contributed by atoms with E-state index in [0.717, 1.165) is 48.5 Å². The predicted octanol–water partition coefficient (Wildman–Crippen LogP) is 4.06. The highest BCUT2D eigenvalue weighted by atomic mass is 32.1. The van der Waals surface area contributed by atoms with Gasteiger partial charge in [-0.15, -0.1) is 0 Å². The molecule has 0 aromatic carbocycles. The zero-order valence-corrected chi connectivity index (χ0v) is 16.4. The highest BCUT2D eigenvalue weighted by Crippen LogP contribution is 2.25. The normalized spacial score (nSPS) is 10.1. The Hall–Kier alpha value is -1.89. The number of hydrogen-bond acceptors (Lipinski definition) is 6. The van der Waals surface area contributed by atoms with E-state index in [1.807, 2.05) is 45.2 Å². The molecule has 0 radical (unpaired) electrons. The Morgan fingerprint density at radius 3 is 2.54 bits per heavy atom. The van der Waals surface area contributed by atoms with E-state index >= 15 is 0 Å². The summed E-state index contributed by atoms with van der Waals surface area (Å²) in [7, 11) is 1.98. The minimum absolute atomic E-state index is 0.802. The molecule has 0 atom stereocenters. The topological polar surface area (TPSA) is 63.4 Å². The molecule has 6 nitrogen and oxygen atoms in total. The van der Waals surface area contributed by atoms with Crippen LogP contribution in [0.15, 0.2) is 17.4 Å². The quantitative estimate of drug-likeness (QED) is 0.580. The minimum atomic E-state index is 0.802. The van der Waals surface area contributed by atoms with Crippen LogP contribution in [0.2, 0.25) is 0 Å². The van der Waals surface area contributed by atoms with Gasteiger partial charge < -0.3 is 4.57 Å². The molecule has 0 aliphatic rings. The van der Waals surface area contributed by atoms with E-state index in [2.05, 4.69) is 52.1 Å². The maximum absolute atomic E-state index is 7.83. The van der Waals surface area contributed by atoms with Crippen molar-refractivity contribution in [1.82, 2.24) is 14.5 Å². The van der Waals surface area contributed by atoms with Gasteiger partial charge in [0.1, 0.15) is 17.3 Å². The molecule has 0 fully saturated rings. The van der Waals surface area contributed by atoms with Crippen molar-refractivity contribution in [2.24, 2.45) is 5.10 Å². The fourth-order valence-electron chi connectivity index (χ4n) is 2.19.